The Balaban J connectivity index is 2.27. The summed E-state index contributed by atoms with van der Waals surface area (Å²) in [6, 6.07) is 1.36. The molecule has 0 bridgehead atoms. The van der Waals surface area contributed by atoms with E-state index in [1.54, 1.807) is 4.90 Å². The molecule has 116 valence electrons. The maximum Gasteiger partial charge on any atom is 0.246 e. The molecule has 1 aliphatic rings. The van der Waals surface area contributed by atoms with Gasteiger partial charge >= 0.3 is 0 Å². The predicted octanol–water partition coefficient (Wildman–Crippen LogP) is 2.33. The first-order chi connectivity index (χ1) is 9.85. The maximum absolute atomic E-state index is 12.7. The van der Waals surface area contributed by atoms with Crippen molar-refractivity contribution in [2.75, 3.05) is 6.54 Å². The number of aryl methyl sites for hydroxylation is 2. The normalized spacial score (nSPS) is 22.1. The number of rotatable bonds is 4. The monoisotopic (exact) mass is 292 g/mol. The highest BCUT2D eigenvalue weighted by atomic mass is 16.3. The Labute approximate surface area is 125 Å². The van der Waals surface area contributed by atoms with Crippen molar-refractivity contribution >= 4 is 11.8 Å². The first-order valence-electron chi connectivity index (χ1n) is 7.51. The van der Waals surface area contributed by atoms with E-state index in [2.05, 4.69) is 5.32 Å². The van der Waals surface area contributed by atoms with Crippen LogP contribution in [0, 0.1) is 19.8 Å². The summed E-state index contributed by atoms with van der Waals surface area (Å²) in [6.45, 7) is 9.84. The number of amides is 2. The summed E-state index contributed by atoms with van der Waals surface area (Å²) >= 11 is 0. The first kappa shape index (κ1) is 15.6. The molecule has 2 rings (SSSR count). The van der Waals surface area contributed by atoms with Gasteiger partial charge in [-0.25, -0.2) is 0 Å². The smallest absolute Gasteiger partial charge is 0.246 e. The van der Waals surface area contributed by atoms with Crippen molar-refractivity contribution in [2.45, 2.75) is 53.1 Å². The van der Waals surface area contributed by atoms with E-state index in [0.29, 0.717) is 0 Å². The SMILES string of the molecule is CCC(C)C1NC(=O)CN(C(C)c2cc(C)oc2C)C1=O. The minimum atomic E-state index is -0.424. The second kappa shape index (κ2) is 5.92. The number of carbonyl (C=O) groups excluding carboxylic acids is 2. The highest BCUT2D eigenvalue weighted by Crippen LogP contribution is 2.28. The molecule has 0 aromatic carbocycles. The topological polar surface area (TPSA) is 62.6 Å². The third kappa shape index (κ3) is 2.96. The van der Waals surface area contributed by atoms with Gasteiger partial charge in [-0.1, -0.05) is 20.3 Å². The van der Waals surface area contributed by atoms with E-state index < -0.39 is 6.04 Å². The molecule has 2 amide bonds. The minimum Gasteiger partial charge on any atom is -0.466 e. The zero-order chi connectivity index (χ0) is 15.7. The van der Waals surface area contributed by atoms with Crippen molar-refractivity contribution in [1.29, 1.82) is 0 Å². The zero-order valence-electron chi connectivity index (χ0n) is 13.4. The summed E-state index contributed by atoms with van der Waals surface area (Å²) < 4.78 is 5.55. The second-order valence-corrected chi connectivity index (χ2v) is 5.94. The lowest BCUT2D eigenvalue weighted by Crippen LogP contribution is -2.60. The van der Waals surface area contributed by atoms with Gasteiger partial charge in [0, 0.05) is 5.56 Å². The van der Waals surface area contributed by atoms with Crippen molar-refractivity contribution in [3.05, 3.63) is 23.2 Å². The Bertz CT molecular complexity index is 550. The molecule has 1 saturated heterocycles. The summed E-state index contributed by atoms with van der Waals surface area (Å²) in [5, 5.41) is 2.82. The maximum atomic E-state index is 12.7. The van der Waals surface area contributed by atoms with Crippen LogP contribution in [-0.2, 0) is 9.59 Å². The van der Waals surface area contributed by atoms with Gasteiger partial charge in [0.15, 0.2) is 0 Å². The van der Waals surface area contributed by atoms with Gasteiger partial charge in [0.1, 0.15) is 24.1 Å². The highest BCUT2D eigenvalue weighted by molar-refractivity contribution is 5.95. The first-order valence-corrected chi connectivity index (χ1v) is 7.51. The van der Waals surface area contributed by atoms with E-state index in [-0.39, 0.29) is 30.3 Å². The molecule has 2 heterocycles. The Morgan fingerprint density at radius 3 is 2.57 bits per heavy atom. The molecule has 0 radical (unpaired) electrons. The average molecular weight is 292 g/mol. The Hall–Kier alpha value is -1.78. The molecular weight excluding hydrogens is 268 g/mol. The number of furan rings is 1. The number of hydrogen-bond donors (Lipinski definition) is 1. The van der Waals surface area contributed by atoms with Crippen LogP contribution in [0.3, 0.4) is 0 Å². The molecular formula is C16H24N2O3. The van der Waals surface area contributed by atoms with Crippen LogP contribution in [0.4, 0.5) is 0 Å². The predicted molar refractivity (Wildman–Crippen MR) is 79.7 cm³/mol. The largest absolute Gasteiger partial charge is 0.466 e. The van der Waals surface area contributed by atoms with Crippen LogP contribution >= 0.6 is 0 Å². The van der Waals surface area contributed by atoms with Gasteiger partial charge in [0.2, 0.25) is 11.8 Å². The van der Waals surface area contributed by atoms with Gasteiger partial charge < -0.3 is 14.6 Å². The van der Waals surface area contributed by atoms with E-state index in [0.717, 1.165) is 23.5 Å². The molecule has 1 fully saturated rings. The van der Waals surface area contributed by atoms with E-state index >= 15 is 0 Å². The van der Waals surface area contributed by atoms with Crippen LogP contribution < -0.4 is 5.32 Å². The van der Waals surface area contributed by atoms with E-state index in [1.807, 2.05) is 40.7 Å². The van der Waals surface area contributed by atoms with Crippen molar-refractivity contribution in [1.82, 2.24) is 10.2 Å². The molecule has 3 atom stereocenters. The summed E-state index contributed by atoms with van der Waals surface area (Å²) in [7, 11) is 0. The highest BCUT2D eigenvalue weighted by Gasteiger charge is 2.38. The Morgan fingerprint density at radius 1 is 1.38 bits per heavy atom. The lowest BCUT2D eigenvalue weighted by atomic mass is 9.94. The van der Waals surface area contributed by atoms with Crippen molar-refractivity contribution in [3.8, 4) is 0 Å². The number of nitrogens with zero attached hydrogens (tertiary/aromatic N) is 1. The van der Waals surface area contributed by atoms with Gasteiger partial charge in [0.05, 0.1) is 6.04 Å². The molecule has 3 unspecified atom stereocenters. The number of nitrogens with one attached hydrogen (secondary N) is 1. The fourth-order valence-corrected chi connectivity index (χ4v) is 2.87. The quantitative estimate of drug-likeness (QED) is 0.926. The Kier molecular flexibility index (Phi) is 4.40. The molecule has 21 heavy (non-hydrogen) atoms. The second-order valence-electron chi connectivity index (χ2n) is 5.94. The van der Waals surface area contributed by atoms with Crippen molar-refractivity contribution < 1.29 is 14.0 Å². The summed E-state index contributed by atoms with van der Waals surface area (Å²) in [5.74, 6) is 1.66. The lowest BCUT2D eigenvalue weighted by molar-refractivity contribution is -0.148. The van der Waals surface area contributed by atoms with Gasteiger partial charge in [-0.2, -0.15) is 0 Å². The lowest BCUT2D eigenvalue weighted by Gasteiger charge is -2.38. The van der Waals surface area contributed by atoms with E-state index in [1.165, 1.54) is 0 Å². The number of carbonyl (C=O) groups is 2. The fourth-order valence-electron chi connectivity index (χ4n) is 2.87. The van der Waals surface area contributed by atoms with Gasteiger partial charge in [-0.3, -0.25) is 9.59 Å². The number of hydrogen-bond acceptors (Lipinski definition) is 3. The molecule has 1 aromatic heterocycles. The van der Waals surface area contributed by atoms with Crippen LogP contribution in [0.15, 0.2) is 10.5 Å². The van der Waals surface area contributed by atoms with E-state index in [9.17, 15) is 9.59 Å². The molecule has 5 heteroatoms. The van der Waals surface area contributed by atoms with Crippen LogP contribution in [0.1, 0.15) is 50.3 Å². The average Bonchev–Trinajstić information content (AvgIpc) is 2.78. The van der Waals surface area contributed by atoms with Gasteiger partial charge in [0.25, 0.3) is 0 Å². The van der Waals surface area contributed by atoms with Gasteiger partial charge in [-0.15, -0.1) is 0 Å². The summed E-state index contributed by atoms with van der Waals surface area (Å²) in [4.78, 5) is 26.3. The molecule has 5 nitrogen and oxygen atoms in total. The molecule has 0 aliphatic carbocycles. The van der Waals surface area contributed by atoms with Crippen LogP contribution in [-0.4, -0.2) is 29.3 Å². The van der Waals surface area contributed by atoms with Crippen molar-refractivity contribution in [2.24, 2.45) is 5.92 Å². The third-order valence-electron chi connectivity index (χ3n) is 4.39. The molecule has 1 aliphatic heterocycles. The Morgan fingerprint density at radius 2 is 2.05 bits per heavy atom. The summed E-state index contributed by atoms with van der Waals surface area (Å²) in [6.07, 6.45) is 0.850. The molecule has 0 saturated carbocycles. The third-order valence-corrected chi connectivity index (χ3v) is 4.39. The van der Waals surface area contributed by atoms with Gasteiger partial charge in [-0.05, 0) is 32.8 Å². The van der Waals surface area contributed by atoms with Crippen LogP contribution in [0.25, 0.3) is 0 Å². The number of piperazine rings is 1. The molecule has 1 aromatic rings. The zero-order valence-corrected chi connectivity index (χ0v) is 13.4. The van der Waals surface area contributed by atoms with Crippen molar-refractivity contribution in [3.63, 3.8) is 0 Å². The van der Waals surface area contributed by atoms with Crippen LogP contribution in [0.5, 0.6) is 0 Å². The molecule has 1 N–H and O–H groups in total. The molecule has 0 spiro atoms. The minimum absolute atomic E-state index is 0.00490. The summed E-state index contributed by atoms with van der Waals surface area (Å²) in [5.41, 5.74) is 0.971. The van der Waals surface area contributed by atoms with E-state index in [4.69, 9.17) is 4.42 Å². The fraction of sp³-hybridized carbons (Fsp3) is 0.625. The van der Waals surface area contributed by atoms with Crippen LogP contribution in [0.2, 0.25) is 0 Å². The standard InChI is InChI=1S/C16H24N2O3/c1-6-9(2)15-16(20)18(8-14(19)17-15)11(4)13-7-10(3)21-12(13)5/h7,9,11,15H,6,8H2,1-5H3,(H,17,19).